The fourth-order valence-corrected chi connectivity index (χ4v) is 1.62. The first-order valence-electron chi connectivity index (χ1n) is 6.18. The molecule has 0 aliphatic heterocycles. The van der Waals surface area contributed by atoms with Crippen LogP contribution in [-0.4, -0.2) is 29.6 Å². The lowest BCUT2D eigenvalue weighted by molar-refractivity contribution is -0.131. The summed E-state index contributed by atoms with van der Waals surface area (Å²) in [4.78, 5) is 22.1. The van der Waals surface area contributed by atoms with Crippen LogP contribution in [0, 0.1) is 0 Å². The van der Waals surface area contributed by atoms with Crippen LogP contribution in [0.15, 0.2) is 30.3 Å². The second kappa shape index (κ2) is 6.15. The molecule has 0 radical (unpaired) electrons. The number of benzene rings is 1. The van der Waals surface area contributed by atoms with Crippen LogP contribution in [-0.2, 0) is 9.59 Å². The Morgan fingerprint density at radius 2 is 2.16 bits per heavy atom. The summed E-state index contributed by atoms with van der Waals surface area (Å²) in [5.41, 5.74) is 1.39. The largest absolute Gasteiger partial charge is 0.478 e. The number of carbonyl (C=O) groups is 2. The van der Waals surface area contributed by atoms with Crippen LogP contribution in [0.4, 0.5) is 5.69 Å². The molecule has 0 bridgehead atoms. The summed E-state index contributed by atoms with van der Waals surface area (Å²) in [6.07, 6.45) is 4.83. The average Bonchev–Trinajstić information content (AvgIpc) is 3.18. The van der Waals surface area contributed by atoms with Crippen LogP contribution >= 0.6 is 0 Å². The van der Waals surface area contributed by atoms with Crippen molar-refractivity contribution >= 4 is 23.6 Å². The van der Waals surface area contributed by atoms with E-state index in [1.54, 1.807) is 24.3 Å². The number of carboxylic acids is 1. The summed E-state index contributed by atoms with van der Waals surface area (Å²) >= 11 is 0. The fraction of sp³-hybridized carbons (Fsp3) is 0.286. The van der Waals surface area contributed by atoms with E-state index in [1.165, 1.54) is 6.08 Å². The maximum atomic E-state index is 11.6. The molecule has 2 rings (SSSR count). The van der Waals surface area contributed by atoms with Gasteiger partial charge in [-0.25, -0.2) is 4.79 Å². The first-order valence-corrected chi connectivity index (χ1v) is 6.18. The van der Waals surface area contributed by atoms with Gasteiger partial charge >= 0.3 is 5.97 Å². The summed E-state index contributed by atoms with van der Waals surface area (Å²) in [7, 11) is 0. The molecule has 1 aliphatic carbocycles. The molecular formula is C14H16N2O3. The van der Waals surface area contributed by atoms with Crippen molar-refractivity contribution in [2.24, 2.45) is 0 Å². The molecule has 1 fully saturated rings. The Morgan fingerprint density at radius 3 is 2.84 bits per heavy atom. The molecule has 0 saturated heterocycles. The molecule has 0 aromatic heterocycles. The second-order valence-corrected chi connectivity index (χ2v) is 4.50. The van der Waals surface area contributed by atoms with Crippen molar-refractivity contribution < 1.29 is 14.7 Å². The van der Waals surface area contributed by atoms with E-state index in [9.17, 15) is 9.59 Å². The van der Waals surface area contributed by atoms with E-state index in [1.807, 2.05) is 0 Å². The number of hydrogen-bond donors (Lipinski definition) is 3. The normalized spacial score (nSPS) is 14.5. The van der Waals surface area contributed by atoms with E-state index in [2.05, 4.69) is 10.6 Å². The lowest BCUT2D eigenvalue weighted by Gasteiger charge is -2.06. The van der Waals surface area contributed by atoms with Gasteiger partial charge in [0, 0.05) is 17.8 Å². The first-order chi connectivity index (χ1) is 9.13. The van der Waals surface area contributed by atoms with Crippen molar-refractivity contribution in [3.05, 3.63) is 35.9 Å². The molecule has 5 nitrogen and oxygen atoms in total. The lowest BCUT2D eigenvalue weighted by atomic mass is 10.2. The van der Waals surface area contributed by atoms with Gasteiger partial charge in [-0.3, -0.25) is 4.79 Å². The lowest BCUT2D eigenvalue weighted by Crippen LogP contribution is -2.29. The van der Waals surface area contributed by atoms with Gasteiger partial charge in [0.1, 0.15) is 0 Å². The predicted molar refractivity (Wildman–Crippen MR) is 72.8 cm³/mol. The van der Waals surface area contributed by atoms with Gasteiger partial charge in [-0.15, -0.1) is 0 Å². The minimum atomic E-state index is -0.997. The molecule has 1 saturated carbocycles. The Morgan fingerprint density at radius 1 is 1.37 bits per heavy atom. The molecule has 19 heavy (non-hydrogen) atoms. The van der Waals surface area contributed by atoms with Gasteiger partial charge in [-0.1, -0.05) is 12.1 Å². The van der Waals surface area contributed by atoms with E-state index in [0.29, 0.717) is 18.3 Å². The number of hydrogen-bond acceptors (Lipinski definition) is 3. The van der Waals surface area contributed by atoms with Crippen molar-refractivity contribution in [3.63, 3.8) is 0 Å². The highest BCUT2D eigenvalue weighted by atomic mass is 16.4. The number of nitrogens with one attached hydrogen (secondary N) is 2. The van der Waals surface area contributed by atoms with Crippen molar-refractivity contribution in [1.82, 2.24) is 5.32 Å². The molecular weight excluding hydrogens is 244 g/mol. The SMILES string of the molecule is O=C(O)/C=C/c1cccc(NC(=O)CNC2CC2)c1. The summed E-state index contributed by atoms with van der Waals surface area (Å²) in [6.45, 7) is 0.305. The predicted octanol–water partition coefficient (Wildman–Crippen LogP) is 1.47. The van der Waals surface area contributed by atoms with E-state index >= 15 is 0 Å². The standard InChI is InChI=1S/C14H16N2O3/c17-13(9-15-11-5-6-11)16-12-3-1-2-10(8-12)4-7-14(18)19/h1-4,7-8,11,15H,5-6,9H2,(H,16,17)(H,18,19)/b7-4+. The zero-order valence-corrected chi connectivity index (χ0v) is 10.4. The Kier molecular flexibility index (Phi) is 4.30. The number of amides is 1. The minimum Gasteiger partial charge on any atom is -0.478 e. The van der Waals surface area contributed by atoms with Gasteiger partial charge in [0.25, 0.3) is 0 Å². The third kappa shape index (κ3) is 4.93. The van der Waals surface area contributed by atoms with Gasteiger partial charge in [0.05, 0.1) is 6.54 Å². The van der Waals surface area contributed by atoms with Crippen LogP contribution in [0.25, 0.3) is 6.08 Å². The van der Waals surface area contributed by atoms with Crippen molar-refractivity contribution in [1.29, 1.82) is 0 Å². The number of anilines is 1. The third-order valence-corrected chi connectivity index (χ3v) is 2.72. The van der Waals surface area contributed by atoms with Gasteiger partial charge < -0.3 is 15.7 Å². The molecule has 0 heterocycles. The first kappa shape index (κ1) is 13.3. The smallest absolute Gasteiger partial charge is 0.328 e. The Labute approximate surface area is 111 Å². The Balaban J connectivity index is 1.89. The number of aliphatic carboxylic acids is 1. The highest BCUT2D eigenvalue weighted by molar-refractivity contribution is 5.92. The molecule has 100 valence electrons. The van der Waals surface area contributed by atoms with Crippen LogP contribution < -0.4 is 10.6 Å². The molecule has 0 unspecified atom stereocenters. The zero-order chi connectivity index (χ0) is 13.7. The molecule has 1 aromatic rings. The molecule has 1 aliphatic rings. The topological polar surface area (TPSA) is 78.4 Å². The van der Waals surface area contributed by atoms with Gasteiger partial charge in [-0.05, 0) is 36.6 Å². The Bertz CT molecular complexity index is 507. The summed E-state index contributed by atoms with van der Waals surface area (Å²) in [6, 6.07) is 7.54. The molecule has 1 aromatic carbocycles. The van der Waals surface area contributed by atoms with E-state index in [4.69, 9.17) is 5.11 Å². The molecule has 3 N–H and O–H groups in total. The van der Waals surface area contributed by atoms with Gasteiger partial charge in [-0.2, -0.15) is 0 Å². The number of carboxylic acid groups (broad SMARTS) is 1. The minimum absolute atomic E-state index is 0.0914. The highest BCUT2D eigenvalue weighted by Crippen LogP contribution is 2.18. The van der Waals surface area contributed by atoms with Crippen molar-refractivity contribution in [2.45, 2.75) is 18.9 Å². The van der Waals surface area contributed by atoms with Crippen LogP contribution in [0.5, 0.6) is 0 Å². The van der Waals surface area contributed by atoms with Crippen LogP contribution in [0.2, 0.25) is 0 Å². The van der Waals surface area contributed by atoms with Gasteiger partial charge in [0.2, 0.25) is 5.91 Å². The van der Waals surface area contributed by atoms with Crippen molar-refractivity contribution in [3.8, 4) is 0 Å². The average molecular weight is 260 g/mol. The molecule has 1 amide bonds. The zero-order valence-electron chi connectivity index (χ0n) is 10.4. The van der Waals surface area contributed by atoms with E-state index in [0.717, 1.165) is 24.5 Å². The molecule has 0 spiro atoms. The highest BCUT2D eigenvalue weighted by Gasteiger charge is 2.21. The fourth-order valence-electron chi connectivity index (χ4n) is 1.62. The van der Waals surface area contributed by atoms with Crippen molar-refractivity contribution in [2.75, 3.05) is 11.9 Å². The summed E-state index contributed by atoms with van der Waals surface area (Å²) in [5.74, 6) is -1.09. The second-order valence-electron chi connectivity index (χ2n) is 4.50. The summed E-state index contributed by atoms with van der Waals surface area (Å²) in [5, 5.41) is 14.5. The van der Waals surface area contributed by atoms with E-state index in [-0.39, 0.29) is 5.91 Å². The number of carbonyl (C=O) groups excluding carboxylic acids is 1. The third-order valence-electron chi connectivity index (χ3n) is 2.72. The van der Waals surface area contributed by atoms with Crippen LogP contribution in [0.1, 0.15) is 18.4 Å². The maximum Gasteiger partial charge on any atom is 0.328 e. The Hall–Kier alpha value is -2.14. The molecule has 0 atom stereocenters. The monoisotopic (exact) mass is 260 g/mol. The quantitative estimate of drug-likeness (QED) is 0.677. The maximum absolute atomic E-state index is 11.6. The summed E-state index contributed by atoms with van der Waals surface area (Å²) < 4.78 is 0. The molecule has 5 heteroatoms. The van der Waals surface area contributed by atoms with E-state index < -0.39 is 5.97 Å². The number of rotatable bonds is 6. The van der Waals surface area contributed by atoms with Gasteiger partial charge in [0.15, 0.2) is 0 Å². The van der Waals surface area contributed by atoms with Crippen LogP contribution in [0.3, 0.4) is 0 Å².